The van der Waals surface area contributed by atoms with Gasteiger partial charge in [-0.2, -0.15) is 0 Å². The second-order valence-corrected chi connectivity index (χ2v) is 3.85. The van der Waals surface area contributed by atoms with E-state index in [1.165, 1.54) is 5.56 Å². The maximum absolute atomic E-state index is 9.20. The van der Waals surface area contributed by atoms with Gasteiger partial charge in [0.25, 0.3) is 0 Å². The monoisotopic (exact) mass is 219 g/mol. The first kappa shape index (κ1) is 10.5. The van der Waals surface area contributed by atoms with Crippen molar-refractivity contribution in [3.8, 4) is 0 Å². The van der Waals surface area contributed by atoms with E-state index in [-0.39, 0.29) is 6.61 Å². The zero-order valence-corrected chi connectivity index (χ0v) is 9.25. The Bertz CT molecular complexity index is 501. The summed E-state index contributed by atoms with van der Waals surface area (Å²) in [6.45, 7) is -0.00971. The summed E-state index contributed by atoms with van der Waals surface area (Å²) in [6.07, 6.45) is 0.971. The van der Waals surface area contributed by atoms with E-state index in [0.717, 1.165) is 22.8 Å². The average molecular weight is 219 g/mol. The van der Waals surface area contributed by atoms with Crippen LogP contribution < -0.4 is 0 Å². The Kier molecular flexibility index (Phi) is 2.94. The molecule has 1 heterocycles. The van der Waals surface area contributed by atoms with Crippen molar-refractivity contribution < 1.29 is 5.11 Å². The van der Waals surface area contributed by atoms with Crippen LogP contribution in [0.25, 0.3) is 10.9 Å². The van der Waals surface area contributed by atoms with Gasteiger partial charge in [-0.3, -0.25) is 0 Å². The van der Waals surface area contributed by atoms with Crippen LogP contribution in [0.3, 0.4) is 0 Å². The van der Waals surface area contributed by atoms with Crippen LogP contribution in [-0.2, 0) is 12.9 Å². The molecule has 15 heavy (non-hydrogen) atoms. The average Bonchev–Trinajstić information content (AvgIpc) is 2.26. The molecule has 0 fully saturated rings. The maximum Gasteiger partial charge on any atom is 0.130 e. The van der Waals surface area contributed by atoms with Gasteiger partial charge in [0, 0.05) is 5.39 Å². The van der Waals surface area contributed by atoms with Gasteiger partial charge in [-0.15, -0.1) is 0 Å². The fraction of sp³-hybridized carbons (Fsp3) is 0.182. The predicted octanol–water partition coefficient (Wildman–Crippen LogP) is 1.51. The number of aliphatic hydroxyl groups is 1. The SMILES string of the molecule is BCc1ccc2c(CO)cc(Cl)nc2c1. The van der Waals surface area contributed by atoms with E-state index < -0.39 is 0 Å². The fourth-order valence-corrected chi connectivity index (χ4v) is 1.88. The van der Waals surface area contributed by atoms with Crippen molar-refractivity contribution in [1.82, 2.24) is 4.98 Å². The first-order chi connectivity index (χ1) is 7.24. The van der Waals surface area contributed by atoms with Gasteiger partial charge in [-0.25, -0.2) is 4.98 Å². The molecule has 0 radical (unpaired) electrons. The van der Waals surface area contributed by atoms with E-state index in [9.17, 15) is 5.11 Å². The molecule has 0 spiro atoms. The van der Waals surface area contributed by atoms with Crippen molar-refractivity contribution in [2.45, 2.75) is 12.9 Å². The molecule has 2 rings (SSSR count). The molecule has 1 N–H and O–H groups in total. The molecule has 0 unspecified atom stereocenters. The highest BCUT2D eigenvalue weighted by Crippen LogP contribution is 2.22. The molecule has 0 aliphatic carbocycles. The van der Waals surface area contributed by atoms with E-state index in [4.69, 9.17) is 11.6 Å². The van der Waals surface area contributed by atoms with Gasteiger partial charge in [0.2, 0.25) is 0 Å². The highest BCUT2D eigenvalue weighted by molar-refractivity contribution is 6.29. The lowest BCUT2D eigenvalue weighted by atomic mass is 9.95. The van der Waals surface area contributed by atoms with Crippen LogP contribution in [0.5, 0.6) is 0 Å². The smallest absolute Gasteiger partial charge is 0.130 e. The number of hydrogen-bond acceptors (Lipinski definition) is 2. The Morgan fingerprint density at radius 2 is 2.13 bits per heavy atom. The lowest BCUT2D eigenvalue weighted by Gasteiger charge is -2.05. The number of fused-ring (bicyclic) bond motifs is 1. The summed E-state index contributed by atoms with van der Waals surface area (Å²) >= 11 is 5.88. The van der Waals surface area contributed by atoms with Crippen LogP contribution in [0.15, 0.2) is 24.3 Å². The molecule has 4 heteroatoms. The van der Waals surface area contributed by atoms with Gasteiger partial charge in [0.05, 0.1) is 12.1 Å². The highest BCUT2D eigenvalue weighted by atomic mass is 35.5. The van der Waals surface area contributed by atoms with Crippen molar-refractivity contribution in [2.75, 3.05) is 0 Å². The summed E-state index contributed by atoms with van der Waals surface area (Å²) in [5, 5.41) is 10.6. The van der Waals surface area contributed by atoms with Crippen LogP contribution in [0.1, 0.15) is 11.1 Å². The third-order valence-corrected chi connectivity index (χ3v) is 2.70. The van der Waals surface area contributed by atoms with Gasteiger partial charge >= 0.3 is 0 Å². The molecule has 0 aliphatic rings. The molecular weight excluding hydrogens is 208 g/mol. The number of halogens is 1. The van der Waals surface area contributed by atoms with Crippen LogP contribution in [0.2, 0.25) is 5.15 Å². The molecule has 0 aliphatic heterocycles. The minimum atomic E-state index is -0.00971. The molecular formula is C11H11BClNO. The van der Waals surface area contributed by atoms with Crippen molar-refractivity contribution in [3.63, 3.8) is 0 Å². The van der Waals surface area contributed by atoms with Crippen molar-refractivity contribution >= 4 is 30.4 Å². The topological polar surface area (TPSA) is 33.1 Å². The first-order valence-corrected chi connectivity index (χ1v) is 5.31. The summed E-state index contributed by atoms with van der Waals surface area (Å²) in [6, 6.07) is 7.76. The third-order valence-electron chi connectivity index (χ3n) is 2.51. The molecule has 0 amide bonds. The molecule has 1 aromatic heterocycles. The molecule has 76 valence electrons. The van der Waals surface area contributed by atoms with Crippen molar-refractivity contribution in [1.29, 1.82) is 0 Å². The van der Waals surface area contributed by atoms with E-state index >= 15 is 0 Å². The van der Waals surface area contributed by atoms with Crippen LogP contribution in [-0.4, -0.2) is 17.9 Å². The highest BCUT2D eigenvalue weighted by Gasteiger charge is 2.04. The minimum Gasteiger partial charge on any atom is -0.392 e. The van der Waals surface area contributed by atoms with Gasteiger partial charge in [-0.1, -0.05) is 35.6 Å². The van der Waals surface area contributed by atoms with E-state index in [2.05, 4.69) is 18.9 Å². The summed E-state index contributed by atoms with van der Waals surface area (Å²) in [7, 11) is 2.10. The third kappa shape index (κ3) is 1.99. The number of aromatic nitrogens is 1. The molecule has 0 bridgehead atoms. The Morgan fingerprint density at radius 3 is 2.80 bits per heavy atom. The normalized spacial score (nSPS) is 10.8. The quantitative estimate of drug-likeness (QED) is 0.614. The number of benzene rings is 1. The Morgan fingerprint density at radius 1 is 1.33 bits per heavy atom. The molecule has 0 saturated heterocycles. The van der Waals surface area contributed by atoms with Gasteiger partial charge in [0.1, 0.15) is 13.0 Å². The zero-order valence-electron chi connectivity index (χ0n) is 8.50. The Balaban J connectivity index is 2.72. The van der Waals surface area contributed by atoms with Crippen LogP contribution in [0, 0.1) is 0 Å². The van der Waals surface area contributed by atoms with Crippen molar-refractivity contribution in [2.24, 2.45) is 0 Å². The molecule has 2 nitrogen and oxygen atoms in total. The summed E-state index contributed by atoms with van der Waals surface area (Å²) in [5.41, 5.74) is 2.90. The second kappa shape index (κ2) is 4.21. The lowest BCUT2D eigenvalue weighted by molar-refractivity contribution is 0.283. The van der Waals surface area contributed by atoms with Crippen LogP contribution >= 0.6 is 11.6 Å². The Hall–Kier alpha value is -1.06. The molecule has 2 aromatic rings. The Labute approximate surface area is 94.3 Å². The van der Waals surface area contributed by atoms with Gasteiger partial charge in [-0.05, 0) is 17.7 Å². The van der Waals surface area contributed by atoms with Crippen molar-refractivity contribution in [3.05, 3.63) is 40.5 Å². The standard InChI is InChI=1S/C11H11BClNO/c12-5-7-1-2-9-8(6-15)4-11(13)14-10(9)3-7/h1-4,15H,5-6,12H2. The fourth-order valence-electron chi connectivity index (χ4n) is 1.66. The summed E-state index contributed by atoms with van der Waals surface area (Å²) in [4.78, 5) is 4.25. The zero-order chi connectivity index (χ0) is 10.8. The molecule has 0 saturated carbocycles. The van der Waals surface area contributed by atoms with E-state index in [1.54, 1.807) is 6.07 Å². The number of pyridine rings is 1. The van der Waals surface area contributed by atoms with E-state index in [1.807, 2.05) is 12.1 Å². The largest absolute Gasteiger partial charge is 0.392 e. The summed E-state index contributed by atoms with van der Waals surface area (Å²) in [5.74, 6) is 0. The van der Waals surface area contributed by atoms with Gasteiger partial charge < -0.3 is 5.11 Å². The summed E-state index contributed by atoms with van der Waals surface area (Å²) < 4.78 is 0. The number of nitrogens with zero attached hydrogens (tertiary/aromatic N) is 1. The maximum atomic E-state index is 9.20. The number of hydrogen-bond donors (Lipinski definition) is 1. The second-order valence-electron chi connectivity index (χ2n) is 3.47. The van der Waals surface area contributed by atoms with Gasteiger partial charge in [0.15, 0.2) is 0 Å². The lowest BCUT2D eigenvalue weighted by Crippen LogP contribution is -1.91. The predicted molar refractivity (Wildman–Crippen MR) is 64.9 cm³/mol. The van der Waals surface area contributed by atoms with E-state index in [0.29, 0.717) is 5.15 Å². The number of rotatable bonds is 2. The first-order valence-electron chi connectivity index (χ1n) is 4.93. The number of aliphatic hydroxyl groups excluding tert-OH is 1. The van der Waals surface area contributed by atoms with Crippen LogP contribution in [0.4, 0.5) is 0 Å². The minimum absolute atomic E-state index is 0.00971. The molecule has 1 aromatic carbocycles. The molecule has 0 atom stereocenters.